The Morgan fingerprint density at radius 1 is 1.29 bits per heavy atom. The molecule has 1 N–H and O–H groups in total. The van der Waals surface area contributed by atoms with E-state index < -0.39 is 11.6 Å². The van der Waals surface area contributed by atoms with Crippen LogP contribution in [0, 0.1) is 23.1 Å². The highest BCUT2D eigenvalue weighted by Crippen LogP contribution is 2.36. The number of hydrogen-bond donors (Lipinski definition) is 1. The number of benzene rings is 1. The highest BCUT2D eigenvalue weighted by atomic mass is 19.1. The number of aromatic nitrogens is 2. The Morgan fingerprint density at radius 2 is 2.00 bits per heavy atom. The molecule has 0 saturated heterocycles. The normalized spacial score (nSPS) is 16.4. The molecular weight excluding hydrogens is 482 g/mol. The summed E-state index contributed by atoms with van der Waals surface area (Å²) >= 11 is 0. The molecule has 200 valence electrons. The van der Waals surface area contributed by atoms with Crippen molar-refractivity contribution >= 4 is 34.1 Å². The van der Waals surface area contributed by atoms with Gasteiger partial charge in [-0.1, -0.05) is 44.2 Å². The number of nitrogens with zero attached hydrogens (tertiary/aromatic N) is 3. The van der Waals surface area contributed by atoms with Crippen LogP contribution >= 0.6 is 0 Å². The number of carbonyl (C=O) groups is 1. The molecule has 1 aromatic heterocycles. The monoisotopic (exact) mass is 518 g/mol. The van der Waals surface area contributed by atoms with Gasteiger partial charge in [0.1, 0.15) is 11.6 Å². The minimum absolute atomic E-state index is 0.0258. The third-order valence-electron chi connectivity index (χ3n) is 6.89. The Bertz CT molecular complexity index is 1400. The maximum absolute atomic E-state index is 15.8. The molecule has 1 unspecified atom stereocenters. The fourth-order valence-electron chi connectivity index (χ4n) is 4.12. The average molecular weight is 519 g/mol. The van der Waals surface area contributed by atoms with Gasteiger partial charge in [0.15, 0.2) is 0 Å². The van der Waals surface area contributed by atoms with Crippen LogP contribution in [0.4, 0.5) is 8.78 Å². The van der Waals surface area contributed by atoms with Crippen LogP contribution in [0.25, 0.3) is 16.7 Å². The molecule has 1 aromatic carbocycles. The molecule has 38 heavy (non-hydrogen) atoms. The molecule has 0 radical (unpaired) electrons. The number of fused-ring (bicyclic) bond motifs is 1. The topological polar surface area (TPSA) is 71.1 Å². The lowest BCUT2D eigenvalue weighted by atomic mass is 9.90. The zero-order valence-electron chi connectivity index (χ0n) is 22.8. The van der Waals surface area contributed by atoms with Crippen molar-refractivity contribution < 1.29 is 13.6 Å². The molecule has 0 amide bonds. The summed E-state index contributed by atoms with van der Waals surface area (Å²) in [5.41, 5.74) is 3.32. The number of halogens is 2. The summed E-state index contributed by atoms with van der Waals surface area (Å²) in [6, 6.07) is 2.51. The van der Waals surface area contributed by atoms with Crippen LogP contribution in [-0.4, -0.2) is 34.2 Å². The van der Waals surface area contributed by atoms with Gasteiger partial charge in [0.05, 0.1) is 11.2 Å². The van der Waals surface area contributed by atoms with Gasteiger partial charge in [-0.2, -0.15) is 5.10 Å². The van der Waals surface area contributed by atoms with Gasteiger partial charge in [-0.25, -0.2) is 13.5 Å². The maximum Gasteiger partial charge on any atom is 0.243 e. The van der Waals surface area contributed by atoms with Gasteiger partial charge in [-0.3, -0.25) is 9.79 Å². The van der Waals surface area contributed by atoms with Gasteiger partial charge < -0.3 is 5.41 Å². The number of rotatable bonds is 11. The summed E-state index contributed by atoms with van der Waals surface area (Å²) in [6.07, 6.45) is 13.8. The minimum atomic E-state index is -0.760. The van der Waals surface area contributed by atoms with Crippen molar-refractivity contribution in [3.63, 3.8) is 0 Å². The zero-order chi connectivity index (χ0) is 28.0. The van der Waals surface area contributed by atoms with Crippen LogP contribution < -0.4 is 0 Å². The minimum Gasteiger partial charge on any atom is -0.305 e. The van der Waals surface area contributed by atoms with Gasteiger partial charge in [0.25, 0.3) is 0 Å². The Balaban J connectivity index is 1.86. The van der Waals surface area contributed by atoms with Crippen molar-refractivity contribution in [3.8, 4) is 0 Å². The molecule has 0 aliphatic heterocycles. The van der Waals surface area contributed by atoms with Crippen molar-refractivity contribution in [2.24, 2.45) is 16.8 Å². The van der Waals surface area contributed by atoms with Crippen LogP contribution in [0.5, 0.6) is 0 Å². The standard InChI is InChI=1S/C31H36F2N4O/c1-7-19(3)26(31(33)27-15-24-18-37(21(5)38)36-30(24)17-28(27)32)16-25(34)13-14-29(35-6)22(8-2)10-9-20(4)23-11-12-23/h8-10,13-15,17-19,23,34H,4,7,11-12,16H2,1-3,5-6H3/b10-9+,14-13-,22-8+,31-26+,34-25?,35-29?. The zero-order valence-corrected chi connectivity index (χ0v) is 22.8. The predicted molar refractivity (Wildman–Crippen MR) is 153 cm³/mol. The highest BCUT2D eigenvalue weighted by Gasteiger charge is 2.23. The van der Waals surface area contributed by atoms with E-state index in [-0.39, 0.29) is 35.0 Å². The van der Waals surface area contributed by atoms with Crippen LogP contribution in [0.2, 0.25) is 0 Å². The predicted octanol–water partition coefficient (Wildman–Crippen LogP) is 8.07. The molecule has 1 atom stereocenters. The Kier molecular flexibility index (Phi) is 9.61. The molecule has 1 fully saturated rings. The van der Waals surface area contributed by atoms with Gasteiger partial charge in [0, 0.05) is 49.3 Å². The first-order valence-corrected chi connectivity index (χ1v) is 12.9. The van der Waals surface area contributed by atoms with Crippen molar-refractivity contribution in [3.05, 3.63) is 83.4 Å². The molecule has 3 rings (SSSR count). The maximum atomic E-state index is 15.8. The SMILES string of the molecule is C=C(/C=C/C(=C\C)C(/C=C\C(=N)C/C(=C(\F)c1cc2cn(C(C)=O)nc2cc1F)C(C)CC)=NC)C1CC1. The summed E-state index contributed by atoms with van der Waals surface area (Å²) in [4.78, 5) is 16.0. The lowest BCUT2D eigenvalue weighted by Gasteiger charge is -2.16. The van der Waals surface area contributed by atoms with E-state index in [9.17, 15) is 9.18 Å². The van der Waals surface area contributed by atoms with Crippen molar-refractivity contribution in [1.82, 2.24) is 9.78 Å². The van der Waals surface area contributed by atoms with Crippen molar-refractivity contribution in [2.75, 3.05) is 7.05 Å². The van der Waals surface area contributed by atoms with E-state index in [1.807, 2.05) is 39.0 Å². The largest absolute Gasteiger partial charge is 0.305 e. The van der Waals surface area contributed by atoms with Crippen molar-refractivity contribution in [1.29, 1.82) is 5.41 Å². The number of hydrogen-bond acceptors (Lipinski definition) is 4. The third kappa shape index (κ3) is 6.97. The summed E-state index contributed by atoms with van der Waals surface area (Å²) in [6.45, 7) is 11.2. The molecule has 5 nitrogen and oxygen atoms in total. The van der Waals surface area contributed by atoms with Crippen molar-refractivity contribution in [2.45, 2.75) is 53.4 Å². The quantitative estimate of drug-likeness (QED) is 0.241. The Hall–Kier alpha value is -3.74. The van der Waals surface area contributed by atoms with E-state index >= 15 is 4.39 Å². The van der Waals surface area contributed by atoms with E-state index in [4.69, 9.17) is 5.41 Å². The summed E-state index contributed by atoms with van der Waals surface area (Å²) in [5.74, 6) is -1.40. The fourth-order valence-corrected chi connectivity index (χ4v) is 4.12. The van der Waals surface area contributed by atoms with Crippen LogP contribution in [0.3, 0.4) is 0 Å². The fraction of sp³-hybridized carbons (Fsp3) is 0.355. The van der Waals surface area contributed by atoms with Gasteiger partial charge in [-0.05, 0) is 67.4 Å². The van der Waals surface area contributed by atoms with Gasteiger partial charge in [0.2, 0.25) is 5.91 Å². The van der Waals surface area contributed by atoms with Crippen LogP contribution in [0.1, 0.15) is 63.7 Å². The lowest BCUT2D eigenvalue weighted by molar-refractivity contribution is 0.0922. The van der Waals surface area contributed by atoms with Gasteiger partial charge >= 0.3 is 0 Å². The third-order valence-corrected chi connectivity index (χ3v) is 6.89. The number of nitrogens with one attached hydrogen (secondary N) is 1. The summed E-state index contributed by atoms with van der Waals surface area (Å²) in [7, 11) is 1.69. The molecule has 1 heterocycles. The molecule has 0 spiro atoms. The smallest absolute Gasteiger partial charge is 0.243 e. The first-order valence-electron chi connectivity index (χ1n) is 12.9. The van der Waals surface area contributed by atoms with E-state index in [1.165, 1.54) is 32.0 Å². The number of aliphatic imine (C=N–C) groups is 1. The highest BCUT2D eigenvalue weighted by molar-refractivity contribution is 6.13. The molecule has 1 aliphatic rings. The molecule has 1 saturated carbocycles. The molecule has 2 aromatic rings. The lowest BCUT2D eigenvalue weighted by Crippen LogP contribution is -2.07. The first kappa shape index (κ1) is 28.8. The second-order valence-corrected chi connectivity index (χ2v) is 9.70. The second-order valence-electron chi connectivity index (χ2n) is 9.70. The molecular formula is C31H36F2N4O. The summed E-state index contributed by atoms with van der Waals surface area (Å²) < 4.78 is 31.9. The van der Waals surface area contributed by atoms with Crippen LogP contribution in [-0.2, 0) is 0 Å². The number of allylic oxidation sites excluding steroid dienone is 8. The molecule has 1 aliphatic carbocycles. The molecule has 7 heteroatoms. The second kappa shape index (κ2) is 12.7. The Labute approximate surface area is 223 Å². The average Bonchev–Trinajstić information content (AvgIpc) is 3.67. The summed E-state index contributed by atoms with van der Waals surface area (Å²) in [5, 5.41) is 13.0. The van der Waals surface area contributed by atoms with Crippen LogP contribution in [0.15, 0.2) is 77.0 Å². The number of carbonyl (C=O) groups excluding carboxylic acids is 1. The first-order chi connectivity index (χ1) is 18.1. The van der Waals surface area contributed by atoms with E-state index in [2.05, 4.69) is 16.7 Å². The molecule has 0 bridgehead atoms. The van der Waals surface area contributed by atoms with E-state index in [0.717, 1.165) is 21.9 Å². The Morgan fingerprint density at radius 3 is 2.58 bits per heavy atom. The van der Waals surface area contributed by atoms with E-state index in [1.54, 1.807) is 19.2 Å². The van der Waals surface area contributed by atoms with E-state index in [0.29, 0.717) is 29.0 Å². The van der Waals surface area contributed by atoms with Gasteiger partial charge in [-0.15, -0.1) is 0 Å².